The summed E-state index contributed by atoms with van der Waals surface area (Å²) in [7, 11) is -0.206. The van der Waals surface area contributed by atoms with Crippen LogP contribution in [-0.4, -0.2) is 22.5 Å². The van der Waals surface area contributed by atoms with Crippen LogP contribution in [0.3, 0.4) is 0 Å². The predicted molar refractivity (Wildman–Crippen MR) is 91.2 cm³/mol. The van der Waals surface area contributed by atoms with Crippen LogP contribution in [0, 0.1) is 0 Å². The summed E-state index contributed by atoms with van der Waals surface area (Å²) in [4.78, 5) is 3.29. The van der Waals surface area contributed by atoms with Crippen LogP contribution in [0.15, 0.2) is 39.0 Å². The minimum Gasteiger partial charge on any atom is -0.397 e. The Morgan fingerprint density at radius 2 is 2.10 bits per heavy atom. The molecule has 5 nitrogen and oxygen atoms in total. The third kappa shape index (κ3) is 3.76. The number of nitrogens with zero attached hydrogens (tertiary/aromatic N) is 1. The number of sulfonamides is 1. The van der Waals surface area contributed by atoms with Gasteiger partial charge in [-0.15, -0.1) is 11.3 Å². The zero-order valence-electron chi connectivity index (χ0n) is 11.6. The third-order valence-electron chi connectivity index (χ3n) is 3.01. The molecule has 0 spiro atoms. The van der Waals surface area contributed by atoms with Crippen molar-refractivity contribution in [2.45, 2.75) is 11.4 Å². The molecule has 0 fully saturated rings. The van der Waals surface area contributed by atoms with Crippen molar-refractivity contribution in [3.05, 3.63) is 39.0 Å². The number of halogens is 1. The largest absolute Gasteiger partial charge is 0.397 e. The molecule has 1 aromatic heterocycles. The first-order valence-electron chi connectivity index (χ1n) is 6.10. The Morgan fingerprint density at radius 1 is 1.38 bits per heavy atom. The van der Waals surface area contributed by atoms with Crippen molar-refractivity contribution in [1.29, 1.82) is 0 Å². The highest BCUT2D eigenvalue weighted by molar-refractivity contribution is 9.10. The lowest BCUT2D eigenvalue weighted by Crippen LogP contribution is -2.21. The van der Waals surface area contributed by atoms with Crippen molar-refractivity contribution < 1.29 is 8.42 Å². The van der Waals surface area contributed by atoms with Crippen LogP contribution in [0.2, 0.25) is 0 Å². The molecule has 2 rings (SSSR count). The lowest BCUT2D eigenvalue weighted by molar-refractivity contribution is 0.588. The summed E-state index contributed by atoms with van der Waals surface area (Å²) >= 11 is 5.05. The topological polar surface area (TPSA) is 75.4 Å². The highest BCUT2D eigenvalue weighted by atomic mass is 79.9. The Balaban J connectivity index is 2.32. The summed E-state index contributed by atoms with van der Waals surface area (Å²) in [6, 6.07) is 6.73. The number of rotatable bonds is 5. The van der Waals surface area contributed by atoms with E-state index >= 15 is 0 Å². The fourth-order valence-corrected chi connectivity index (χ4v) is 4.15. The number of anilines is 2. The molecular formula is C13H16BrN3O2S2. The van der Waals surface area contributed by atoms with Gasteiger partial charge in [-0.3, -0.25) is 0 Å². The number of nitrogen functional groups attached to an aromatic ring is 1. The van der Waals surface area contributed by atoms with Gasteiger partial charge in [0.05, 0.1) is 22.8 Å². The quantitative estimate of drug-likeness (QED) is 0.770. The van der Waals surface area contributed by atoms with Gasteiger partial charge in [-0.2, -0.15) is 0 Å². The molecule has 0 amide bonds. The van der Waals surface area contributed by atoms with Crippen LogP contribution < -0.4 is 15.4 Å². The van der Waals surface area contributed by atoms with E-state index in [1.54, 1.807) is 23.5 Å². The summed E-state index contributed by atoms with van der Waals surface area (Å²) in [6.45, 7) is 0.656. The van der Waals surface area contributed by atoms with Crippen molar-refractivity contribution in [2.24, 2.45) is 0 Å². The fourth-order valence-electron chi connectivity index (χ4n) is 1.89. The first kappa shape index (κ1) is 16.3. The Morgan fingerprint density at radius 3 is 2.67 bits per heavy atom. The third-order valence-corrected chi connectivity index (χ3v) is 6.10. The van der Waals surface area contributed by atoms with Gasteiger partial charge in [0.2, 0.25) is 10.0 Å². The molecule has 8 heteroatoms. The molecule has 0 radical (unpaired) electrons. The van der Waals surface area contributed by atoms with Crippen LogP contribution in [0.1, 0.15) is 4.88 Å². The second-order valence-corrected chi connectivity index (χ2v) is 8.31. The number of benzene rings is 1. The smallest absolute Gasteiger partial charge is 0.240 e. The number of thiophene rings is 1. The number of nitrogens with one attached hydrogen (secondary N) is 1. The Labute approximate surface area is 137 Å². The van der Waals surface area contributed by atoms with E-state index in [2.05, 4.69) is 20.7 Å². The van der Waals surface area contributed by atoms with E-state index in [9.17, 15) is 8.42 Å². The average Bonchev–Trinajstić information content (AvgIpc) is 2.84. The van der Waals surface area contributed by atoms with Crippen molar-refractivity contribution in [1.82, 2.24) is 4.72 Å². The van der Waals surface area contributed by atoms with E-state index in [1.165, 1.54) is 13.1 Å². The number of hydrogen-bond donors (Lipinski definition) is 2. The maximum atomic E-state index is 11.9. The van der Waals surface area contributed by atoms with E-state index in [0.29, 0.717) is 17.9 Å². The second-order valence-electron chi connectivity index (χ2n) is 4.52. The molecule has 2 aromatic rings. The monoisotopic (exact) mass is 389 g/mol. The van der Waals surface area contributed by atoms with Gasteiger partial charge < -0.3 is 10.6 Å². The van der Waals surface area contributed by atoms with Gasteiger partial charge in [0.25, 0.3) is 0 Å². The molecule has 0 bridgehead atoms. The van der Waals surface area contributed by atoms with Gasteiger partial charge in [0.1, 0.15) is 0 Å². The molecule has 1 aromatic carbocycles. The van der Waals surface area contributed by atoms with E-state index in [4.69, 9.17) is 5.73 Å². The summed E-state index contributed by atoms with van der Waals surface area (Å²) in [5.74, 6) is 0. The van der Waals surface area contributed by atoms with E-state index in [0.717, 1.165) is 9.35 Å². The van der Waals surface area contributed by atoms with E-state index in [-0.39, 0.29) is 4.90 Å². The molecule has 0 saturated carbocycles. The van der Waals surface area contributed by atoms with Crippen molar-refractivity contribution in [3.63, 3.8) is 0 Å². The fraction of sp³-hybridized carbons (Fsp3) is 0.231. The van der Waals surface area contributed by atoms with Gasteiger partial charge >= 0.3 is 0 Å². The minimum absolute atomic E-state index is 0.202. The maximum Gasteiger partial charge on any atom is 0.240 e. The number of nitrogens with two attached hydrogens (primary N) is 1. The standard InChI is InChI=1S/C13H16BrN3O2S2/c1-16-21(18,19)11-3-4-12(15)13(6-11)17(2)7-10-5-9(14)8-20-10/h3-6,8,16H,7,15H2,1-2H3. The van der Waals surface area contributed by atoms with Crippen LogP contribution in [0.25, 0.3) is 0 Å². The SMILES string of the molecule is CNS(=O)(=O)c1ccc(N)c(N(C)Cc2cc(Br)cs2)c1. The molecule has 0 aliphatic heterocycles. The summed E-state index contributed by atoms with van der Waals surface area (Å²) in [6.07, 6.45) is 0. The summed E-state index contributed by atoms with van der Waals surface area (Å²) in [5.41, 5.74) is 7.21. The molecule has 1 heterocycles. The van der Waals surface area contributed by atoms with Crippen LogP contribution >= 0.6 is 27.3 Å². The minimum atomic E-state index is -3.48. The Kier molecular flexibility index (Phi) is 4.92. The summed E-state index contributed by atoms with van der Waals surface area (Å²) in [5, 5.41) is 2.01. The van der Waals surface area contributed by atoms with Crippen LogP contribution in [0.4, 0.5) is 11.4 Å². The van der Waals surface area contributed by atoms with Gasteiger partial charge in [0.15, 0.2) is 0 Å². The van der Waals surface area contributed by atoms with Crippen molar-refractivity contribution >= 4 is 48.7 Å². The zero-order valence-corrected chi connectivity index (χ0v) is 14.8. The Hall–Kier alpha value is -1.09. The highest BCUT2D eigenvalue weighted by Gasteiger charge is 2.15. The Bertz CT molecular complexity index is 744. The molecule has 0 saturated heterocycles. The molecule has 0 unspecified atom stereocenters. The lowest BCUT2D eigenvalue weighted by Gasteiger charge is -2.21. The molecule has 0 atom stereocenters. The first-order valence-corrected chi connectivity index (χ1v) is 9.26. The van der Waals surface area contributed by atoms with Crippen molar-refractivity contribution in [2.75, 3.05) is 24.7 Å². The van der Waals surface area contributed by atoms with Gasteiger partial charge in [-0.1, -0.05) is 0 Å². The maximum absolute atomic E-state index is 11.9. The lowest BCUT2D eigenvalue weighted by atomic mass is 10.2. The predicted octanol–water partition coefficient (Wildman–Crippen LogP) is 2.64. The molecular weight excluding hydrogens is 374 g/mol. The van der Waals surface area contributed by atoms with E-state index < -0.39 is 10.0 Å². The van der Waals surface area contributed by atoms with Gasteiger partial charge in [0, 0.05) is 21.8 Å². The zero-order chi connectivity index (χ0) is 15.6. The number of hydrogen-bond acceptors (Lipinski definition) is 5. The average molecular weight is 390 g/mol. The molecule has 0 aliphatic carbocycles. The van der Waals surface area contributed by atoms with Gasteiger partial charge in [-0.05, 0) is 47.2 Å². The molecule has 114 valence electrons. The van der Waals surface area contributed by atoms with Gasteiger partial charge in [-0.25, -0.2) is 13.1 Å². The molecule has 21 heavy (non-hydrogen) atoms. The normalized spacial score (nSPS) is 11.6. The molecule has 3 N–H and O–H groups in total. The second kappa shape index (κ2) is 6.35. The van der Waals surface area contributed by atoms with E-state index in [1.807, 2.05) is 23.4 Å². The summed E-state index contributed by atoms with van der Waals surface area (Å²) < 4.78 is 27.1. The first-order chi connectivity index (χ1) is 9.83. The van der Waals surface area contributed by atoms with Crippen LogP contribution in [-0.2, 0) is 16.6 Å². The van der Waals surface area contributed by atoms with Crippen molar-refractivity contribution in [3.8, 4) is 0 Å². The highest BCUT2D eigenvalue weighted by Crippen LogP contribution is 2.28. The molecule has 0 aliphatic rings. The van der Waals surface area contributed by atoms with Crippen LogP contribution in [0.5, 0.6) is 0 Å².